The second kappa shape index (κ2) is 6.16. The van der Waals surface area contributed by atoms with Gasteiger partial charge in [0.2, 0.25) is 5.91 Å². The molecule has 0 aliphatic heterocycles. The first-order valence-corrected chi connectivity index (χ1v) is 6.40. The number of anilines is 1. The van der Waals surface area contributed by atoms with E-state index in [0.29, 0.717) is 12.2 Å². The minimum atomic E-state index is -0.304. The predicted octanol–water partition coefficient (Wildman–Crippen LogP) is 2.55. The van der Waals surface area contributed by atoms with E-state index in [0.717, 1.165) is 10.0 Å². The van der Waals surface area contributed by atoms with E-state index in [9.17, 15) is 4.79 Å². The van der Waals surface area contributed by atoms with Crippen molar-refractivity contribution in [3.63, 3.8) is 0 Å². The van der Waals surface area contributed by atoms with Gasteiger partial charge in [0.1, 0.15) is 6.42 Å². The van der Waals surface area contributed by atoms with Gasteiger partial charge in [0.25, 0.3) is 0 Å². The molecule has 0 fully saturated rings. The number of carbonyl (C=O) groups excluding carboxylic acids is 1. The average molecular weight is 319 g/mol. The molecule has 0 aliphatic rings. The number of amides is 1. The summed E-state index contributed by atoms with van der Waals surface area (Å²) < 4.78 is 2.71. The molecule has 1 aromatic carbocycles. The highest BCUT2D eigenvalue weighted by atomic mass is 79.9. The molecule has 1 amide bonds. The lowest BCUT2D eigenvalue weighted by atomic mass is 10.2. The predicted molar refractivity (Wildman–Crippen MR) is 74.3 cm³/mol. The number of nitriles is 1. The van der Waals surface area contributed by atoms with E-state index < -0.39 is 0 Å². The van der Waals surface area contributed by atoms with E-state index in [2.05, 4.69) is 26.3 Å². The van der Waals surface area contributed by atoms with Gasteiger partial charge in [0, 0.05) is 11.9 Å². The van der Waals surface area contributed by atoms with Crippen molar-refractivity contribution in [2.45, 2.75) is 13.0 Å². The Kier molecular flexibility index (Phi) is 4.31. The molecule has 5 nitrogen and oxygen atoms in total. The molecule has 0 atom stereocenters. The van der Waals surface area contributed by atoms with Gasteiger partial charge in [-0.25, -0.2) is 0 Å². The molecule has 1 aromatic heterocycles. The first-order valence-electron chi connectivity index (χ1n) is 5.61. The molecule has 0 aliphatic carbocycles. The minimum absolute atomic E-state index is 0.143. The smallest absolute Gasteiger partial charge is 0.238 e. The average Bonchev–Trinajstić information content (AvgIpc) is 2.75. The highest BCUT2D eigenvalue weighted by Crippen LogP contribution is 2.13. The van der Waals surface area contributed by atoms with Gasteiger partial charge < -0.3 is 5.32 Å². The normalized spacial score (nSPS) is 9.89. The summed E-state index contributed by atoms with van der Waals surface area (Å²) in [6.07, 6.45) is 3.45. The summed E-state index contributed by atoms with van der Waals surface area (Å²) in [6.45, 7) is 0.619. The number of nitrogens with zero attached hydrogens (tertiary/aromatic N) is 3. The molecule has 0 bridgehead atoms. The van der Waals surface area contributed by atoms with Crippen LogP contribution in [-0.2, 0) is 11.3 Å². The Morgan fingerprint density at radius 3 is 3.05 bits per heavy atom. The number of halogens is 1. The molecule has 0 saturated carbocycles. The molecule has 0 saturated heterocycles. The lowest BCUT2D eigenvalue weighted by Crippen LogP contribution is -2.10. The lowest BCUT2D eigenvalue weighted by molar-refractivity contribution is -0.115. The van der Waals surface area contributed by atoms with Crippen LogP contribution in [0.3, 0.4) is 0 Å². The maximum atomic E-state index is 11.3. The Bertz CT molecular complexity index is 630. The third-order valence-electron chi connectivity index (χ3n) is 2.40. The van der Waals surface area contributed by atoms with E-state index in [-0.39, 0.29) is 12.3 Å². The summed E-state index contributed by atoms with van der Waals surface area (Å²) in [5.74, 6) is -0.304. The third kappa shape index (κ3) is 3.93. The van der Waals surface area contributed by atoms with Crippen LogP contribution in [0.1, 0.15) is 12.0 Å². The number of rotatable bonds is 4. The number of hydrogen-bond donors (Lipinski definition) is 1. The number of aromatic nitrogens is 2. The summed E-state index contributed by atoms with van der Waals surface area (Å²) in [5, 5.41) is 15.3. The molecule has 1 heterocycles. The SMILES string of the molecule is N#CCC(=O)Nc1cccc(Cn2cc(Br)cn2)c1. The summed E-state index contributed by atoms with van der Waals surface area (Å²) in [7, 11) is 0. The van der Waals surface area contributed by atoms with E-state index in [1.54, 1.807) is 16.9 Å². The molecular formula is C13H11BrN4O. The van der Waals surface area contributed by atoms with Gasteiger partial charge in [-0.1, -0.05) is 12.1 Å². The van der Waals surface area contributed by atoms with Crippen LogP contribution in [0.25, 0.3) is 0 Å². The van der Waals surface area contributed by atoms with Crippen molar-refractivity contribution >= 4 is 27.5 Å². The molecule has 2 aromatic rings. The van der Waals surface area contributed by atoms with Crippen molar-refractivity contribution in [2.75, 3.05) is 5.32 Å². The van der Waals surface area contributed by atoms with Gasteiger partial charge in [-0.15, -0.1) is 0 Å². The first-order chi connectivity index (χ1) is 9.17. The number of carbonyl (C=O) groups is 1. The zero-order valence-corrected chi connectivity index (χ0v) is 11.6. The Morgan fingerprint density at radius 2 is 2.37 bits per heavy atom. The van der Waals surface area contributed by atoms with Crippen molar-refractivity contribution in [3.05, 3.63) is 46.7 Å². The number of hydrogen-bond acceptors (Lipinski definition) is 3. The second-order valence-electron chi connectivity index (χ2n) is 3.94. The van der Waals surface area contributed by atoms with Crippen LogP contribution in [0.5, 0.6) is 0 Å². The molecule has 0 spiro atoms. The van der Waals surface area contributed by atoms with Gasteiger partial charge >= 0.3 is 0 Å². The van der Waals surface area contributed by atoms with Crippen molar-refractivity contribution in [2.24, 2.45) is 0 Å². The monoisotopic (exact) mass is 318 g/mol. The molecule has 19 heavy (non-hydrogen) atoms. The fraction of sp³-hybridized carbons (Fsp3) is 0.154. The quantitative estimate of drug-likeness (QED) is 0.941. The molecule has 0 radical (unpaired) electrons. The Labute approximate surface area is 119 Å². The molecule has 1 N–H and O–H groups in total. The van der Waals surface area contributed by atoms with Crippen molar-refractivity contribution < 1.29 is 4.79 Å². The van der Waals surface area contributed by atoms with Gasteiger partial charge in [-0.2, -0.15) is 10.4 Å². The van der Waals surface area contributed by atoms with E-state index in [1.165, 1.54) is 0 Å². The first kappa shape index (κ1) is 13.3. The van der Waals surface area contributed by atoms with Crippen molar-refractivity contribution in [1.82, 2.24) is 9.78 Å². The highest BCUT2D eigenvalue weighted by Gasteiger charge is 2.03. The van der Waals surface area contributed by atoms with Crippen molar-refractivity contribution in [3.8, 4) is 6.07 Å². The van der Waals surface area contributed by atoms with Gasteiger partial charge in [0.05, 0.1) is 23.3 Å². The summed E-state index contributed by atoms with van der Waals surface area (Å²) in [6, 6.07) is 9.28. The van der Waals surface area contributed by atoms with Gasteiger partial charge in [-0.05, 0) is 33.6 Å². The van der Waals surface area contributed by atoms with Crippen LogP contribution >= 0.6 is 15.9 Å². The van der Waals surface area contributed by atoms with E-state index >= 15 is 0 Å². The maximum Gasteiger partial charge on any atom is 0.238 e. The fourth-order valence-electron chi connectivity index (χ4n) is 1.64. The topological polar surface area (TPSA) is 70.7 Å². The standard InChI is InChI=1S/C13H11BrN4O/c14-11-7-16-18(9-11)8-10-2-1-3-12(6-10)17-13(19)4-5-15/h1-3,6-7,9H,4,8H2,(H,17,19). The number of nitrogens with one attached hydrogen (secondary N) is 1. The van der Waals surface area contributed by atoms with E-state index in [4.69, 9.17) is 5.26 Å². The zero-order chi connectivity index (χ0) is 13.7. The molecule has 96 valence electrons. The van der Waals surface area contributed by atoms with Gasteiger partial charge in [0.15, 0.2) is 0 Å². The summed E-state index contributed by atoms with van der Waals surface area (Å²) >= 11 is 3.34. The van der Waals surface area contributed by atoms with E-state index in [1.807, 2.05) is 30.5 Å². The summed E-state index contributed by atoms with van der Waals surface area (Å²) in [4.78, 5) is 11.3. The Morgan fingerprint density at radius 1 is 1.53 bits per heavy atom. The number of benzene rings is 1. The van der Waals surface area contributed by atoms with Crippen LogP contribution in [0.15, 0.2) is 41.1 Å². The maximum absolute atomic E-state index is 11.3. The fourth-order valence-corrected chi connectivity index (χ4v) is 1.96. The third-order valence-corrected chi connectivity index (χ3v) is 2.81. The summed E-state index contributed by atoms with van der Waals surface area (Å²) in [5.41, 5.74) is 1.70. The highest BCUT2D eigenvalue weighted by molar-refractivity contribution is 9.10. The minimum Gasteiger partial charge on any atom is -0.325 e. The van der Waals surface area contributed by atoms with Crippen LogP contribution in [-0.4, -0.2) is 15.7 Å². The molecule has 6 heteroatoms. The second-order valence-corrected chi connectivity index (χ2v) is 4.86. The Balaban J connectivity index is 2.07. The largest absolute Gasteiger partial charge is 0.325 e. The lowest BCUT2D eigenvalue weighted by Gasteiger charge is -2.06. The molecule has 0 unspecified atom stereocenters. The Hall–Kier alpha value is -2.13. The van der Waals surface area contributed by atoms with Gasteiger partial charge in [-0.3, -0.25) is 9.48 Å². The van der Waals surface area contributed by atoms with Crippen LogP contribution in [0.2, 0.25) is 0 Å². The molecule has 2 rings (SSSR count). The van der Waals surface area contributed by atoms with Crippen LogP contribution in [0.4, 0.5) is 5.69 Å². The molecular weight excluding hydrogens is 308 g/mol. The van der Waals surface area contributed by atoms with Crippen LogP contribution < -0.4 is 5.32 Å². The van der Waals surface area contributed by atoms with Crippen molar-refractivity contribution in [1.29, 1.82) is 5.26 Å². The zero-order valence-electron chi connectivity index (χ0n) is 10.0. The van der Waals surface area contributed by atoms with Crippen LogP contribution in [0, 0.1) is 11.3 Å².